The van der Waals surface area contributed by atoms with Gasteiger partial charge in [-0.05, 0) is 59.0 Å². The van der Waals surface area contributed by atoms with Crippen LogP contribution in [0.15, 0.2) is 103 Å². The molecular weight excluding hydrogens is 534 g/mol. The largest absolute Gasteiger partial charge is 0.497 e. The van der Waals surface area contributed by atoms with Gasteiger partial charge < -0.3 is 14.9 Å². The molecule has 220 valence electrons. The lowest BCUT2D eigenvalue weighted by molar-refractivity contribution is -0.0151. The van der Waals surface area contributed by atoms with Crippen LogP contribution in [0.5, 0.6) is 11.5 Å². The van der Waals surface area contributed by atoms with Crippen molar-refractivity contribution in [2.24, 2.45) is 0 Å². The second-order valence-corrected chi connectivity index (χ2v) is 12.5. The Labute approximate surface area is 254 Å². The molecule has 0 aliphatic carbocycles. The summed E-state index contributed by atoms with van der Waals surface area (Å²) >= 11 is 0. The van der Waals surface area contributed by atoms with Crippen molar-refractivity contribution in [2.45, 2.75) is 51.5 Å². The van der Waals surface area contributed by atoms with E-state index in [-0.39, 0.29) is 17.2 Å². The van der Waals surface area contributed by atoms with Crippen LogP contribution < -0.4 is 14.9 Å². The Morgan fingerprint density at radius 2 is 1.51 bits per heavy atom. The summed E-state index contributed by atoms with van der Waals surface area (Å²) < 4.78 is 11.6. The standard InChI is InChI=1S/C37H39N3O3/c1-37(2,3)29-18-16-28(17-19-29)35(41)36-40-33(31-8-6-7-9-34(31)43-36)22-32(38-40)27-14-10-25(11-15-27)23-39(4)24-26-12-20-30(42-5)21-13-26/h6-22,33,36,38H,23-24H2,1-5H3. The highest BCUT2D eigenvalue weighted by molar-refractivity contribution is 6.00. The molecule has 1 N–H and O–H groups in total. The average molecular weight is 574 g/mol. The first kappa shape index (κ1) is 28.7. The van der Waals surface area contributed by atoms with E-state index in [1.54, 1.807) is 7.11 Å². The van der Waals surface area contributed by atoms with Crippen molar-refractivity contribution >= 4 is 11.5 Å². The van der Waals surface area contributed by atoms with E-state index in [4.69, 9.17) is 9.47 Å². The highest BCUT2D eigenvalue weighted by Gasteiger charge is 2.43. The minimum absolute atomic E-state index is 0.0176. The number of nitrogens with one attached hydrogen (secondary N) is 1. The van der Waals surface area contributed by atoms with Crippen LogP contribution in [-0.4, -0.2) is 36.1 Å². The van der Waals surface area contributed by atoms with Crippen molar-refractivity contribution in [2.75, 3.05) is 14.2 Å². The van der Waals surface area contributed by atoms with Crippen LogP contribution in [0.1, 0.15) is 65.0 Å². The van der Waals surface area contributed by atoms with Crippen LogP contribution in [0.2, 0.25) is 0 Å². The zero-order valence-electron chi connectivity index (χ0n) is 25.5. The Balaban J connectivity index is 1.18. The molecule has 0 radical (unpaired) electrons. The molecule has 0 fully saturated rings. The Kier molecular flexibility index (Phi) is 7.82. The topological polar surface area (TPSA) is 54.0 Å². The number of hydrogen-bond acceptors (Lipinski definition) is 6. The summed E-state index contributed by atoms with van der Waals surface area (Å²) in [5.41, 5.74) is 10.9. The summed E-state index contributed by atoms with van der Waals surface area (Å²) in [5, 5.41) is 1.94. The lowest BCUT2D eigenvalue weighted by Gasteiger charge is -2.37. The van der Waals surface area contributed by atoms with E-state index in [1.165, 1.54) is 16.7 Å². The molecule has 6 nitrogen and oxygen atoms in total. The van der Waals surface area contributed by atoms with E-state index in [9.17, 15) is 4.79 Å². The van der Waals surface area contributed by atoms with E-state index in [2.05, 4.69) is 86.7 Å². The lowest BCUT2D eigenvalue weighted by atomic mass is 9.86. The molecule has 0 spiro atoms. The molecular formula is C37H39N3O3. The van der Waals surface area contributed by atoms with Crippen molar-refractivity contribution in [1.82, 2.24) is 15.3 Å². The predicted octanol–water partition coefficient (Wildman–Crippen LogP) is 7.13. The normalized spacial score (nSPS) is 17.9. The predicted molar refractivity (Wildman–Crippen MR) is 171 cm³/mol. The molecule has 6 rings (SSSR count). The van der Waals surface area contributed by atoms with Gasteiger partial charge in [0.2, 0.25) is 12.0 Å². The van der Waals surface area contributed by atoms with E-state index in [0.717, 1.165) is 41.4 Å². The van der Waals surface area contributed by atoms with Gasteiger partial charge in [-0.25, -0.2) is 0 Å². The number of ether oxygens (including phenoxy) is 2. The fraction of sp³-hybridized carbons (Fsp3) is 0.270. The second-order valence-electron chi connectivity index (χ2n) is 12.5. The zero-order chi connectivity index (χ0) is 30.1. The zero-order valence-corrected chi connectivity index (χ0v) is 25.5. The Hall–Kier alpha value is -4.39. The van der Waals surface area contributed by atoms with Gasteiger partial charge in [-0.15, -0.1) is 0 Å². The van der Waals surface area contributed by atoms with Crippen LogP contribution in [0, 0.1) is 0 Å². The van der Waals surface area contributed by atoms with Crippen LogP contribution >= 0.6 is 0 Å². The van der Waals surface area contributed by atoms with Crippen molar-refractivity contribution in [3.8, 4) is 11.5 Å². The summed E-state index contributed by atoms with van der Waals surface area (Å²) in [7, 11) is 3.81. The number of nitrogens with zero attached hydrogens (tertiary/aromatic N) is 2. The number of methoxy groups -OCH3 is 1. The summed E-state index contributed by atoms with van der Waals surface area (Å²) in [6, 6.07) is 32.6. The molecule has 0 bridgehead atoms. The molecule has 2 aliphatic heterocycles. The molecule has 2 unspecified atom stereocenters. The first-order valence-corrected chi connectivity index (χ1v) is 14.8. The van der Waals surface area contributed by atoms with Gasteiger partial charge in [0.15, 0.2) is 0 Å². The van der Waals surface area contributed by atoms with Crippen molar-refractivity contribution in [3.63, 3.8) is 0 Å². The maximum atomic E-state index is 13.8. The third kappa shape index (κ3) is 6.07. The van der Waals surface area contributed by atoms with E-state index < -0.39 is 6.23 Å². The van der Waals surface area contributed by atoms with Crippen LogP contribution in [0.25, 0.3) is 5.70 Å². The SMILES string of the molecule is COc1ccc(CN(C)Cc2ccc(C3=CC4c5ccccc5OC(C(=O)c5ccc(C(C)(C)C)cc5)N4N3)cc2)cc1. The first-order chi connectivity index (χ1) is 20.7. The van der Waals surface area contributed by atoms with Gasteiger partial charge in [0.25, 0.3) is 0 Å². The van der Waals surface area contributed by atoms with Gasteiger partial charge in [0.05, 0.1) is 18.8 Å². The first-order valence-electron chi connectivity index (χ1n) is 14.8. The number of fused-ring (bicyclic) bond motifs is 3. The number of para-hydroxylation sites is 1. The van der Waals surface area contributed by atoms with Crippen LogP contribution in [0.3, 0.4) is 0 Å². The van der Waals surface area contributed by atoms with Gasteiger partial charge in [-0.2, -0.15) is 5.01 Å². The van der Waals surface area contributed by atoms with E-state index >= 15 is 0 Å². The lowest BCUT2D eigenvalue weighted by Crippen LogP contribution is -2.52. The molecule has 0 saturated heterocycles. The van der Waals surface area contributed by atoms with Crippen molar-refractivity contribution in [1.29, 1.82) is 0 Å². The molecule has 0 amide bonds. The van der Waals surface area contributed by atoms with Crippen molar-refractivity contribution in [3.05, 3.63) is 137 Å². The summed E-state index contributed by atoms with van der Waals surface area (Å²) in [6.07, 6.45) is 1.40. The molecule has 2 atom stereocenters. The molecule has 4 aromatic rings. The number of benzene rings is 4. The third-order valence-corrected chi connectivity index (χ3v) is 8.19. The highest BCUT2D eigenvalue weighted by atomic mass is 16.5. The van der Waals surface area contributed by atoms with Crippen molar-refractivity contribution < 1.29 is 14.3 Å². The molecule has 0 aromatic heterocycles. The summed E-state index contributed by atoms with van der Waals surface area (Å²) in [4.78, 5) is 16.1. The smallest absolute Gasteiger partial charge is 0.233 e. The highest BCUT2D eigenvalue weighted by Crippen LogP contribution is 2.42. The number of hydrogen-bond donors (Lipinski definition) is 1. The maximum absolute atomic E-state index is 13.8. The Morgan fingerprint density at radius 1 is 0.884 bits per heavy atom. The number of carbonyl (C=O) groups excluding carboxylic acids is 1. The molecule has 43 heavy (non-hydrogen) atoms. The fourth-order valence-corrected chi connectivity index (χ4v) is 5.76. The Morgan fingerprint density at radius 3 is 2.14 bits per heavy atom. The third-order valence-electron chi connectivity index (χ3n) is 8.19. The molecule has 6 heteroatoms. The monoisotopic (exact) mass is 573 g/mol. The quantitative estimate of drug-likeness (QED) is 0.226. The Bertz CT molecular complexity index is 1620. The minimum atomic E-state index is -0.792. The van der Waals surface area contributed by atoms with Gasteiger partial charge in [-0.1, -0.05) is 99.6 Å². The fourth-order valence-electron chi connectivity index (χ4n) is 5.76. The molecule has 0 saturated carbocycles. The van der Waals surface area contributed by atoms with E-state index in [1.807, 2.05) is 59.6 Å². The number of hydrazine groups is 1. The van der Waals surface area contributed by atoms with Crippen LogP contribution in [0.4, 0.5) is 0 Å². The van der Waals surface area contributed by atoms with Crippen LogP contribution in [-0.2, 0) is 18.5 Å². The maximum Gasteiger partial charge on any atom is 0.233 e. The number of carbonyl (C=O) groups is 1. The average Bonchev–Trinajstić information content (AvgIpc) is 3.47. The number of rotatable bonds is 8. The second kappa shape index (κ2) is 11.7. The number of Topliss-reactive ketones (excluding diaryl/α,β-unsaturated/α-hetero) is 1. The summed E-state index contributed by atoms with van der Waals surface area (Å²) in [5.74, 6) is 1.54. The van der Waals surface area contributed by atoms with Gasteiger partial charge >= 0.3 is 0 Å². The number of ketones is 1. The van der Waals surface area contributed by atoms with Gasteiger partial charge in [0.1, 0.15) is 11.5 Å². The molecule has 4 aromatic carbocycles. The van der Waals surface area contributed by atoms with E-state index in [0.29, 0.717) is 5.56 Å². The van der Waals surface area contributed by atoms with Gasteiger partial charge in [0, 0.05) is 24.2 Å². The molecule has 2 aliphatic rings. The molecule has 2 heterocycles. The van der Waals surface area contributed by atoms with Gasteiger partial charge in [-0.3, -0.25) is 9.69 Å². The minimum Gasteiger partial charge on any atom is -0.497 e. The summed E-state index contributed by atoms with van der Waals surface area (Å²) in [6.45, 7) is 8.20.